The average Bonchev–Trinajstić information content (AvgIpc) is 2.70. The van der Waals surface area contributed by atoms with Gasteiger partial charge in [0.2, 0.25) is 0 Å². The summed E-state index contributed by atoms with van der Waals surface area (Å²) in [6.45, 7) is 5.79. The maximum absolute atomic E-state index is 11.9. The fraction of sp³-hybridized carbons (Fsp3) is 0.357. The van der Waals surface area contributed by atoms with Crippen LogP contribution in [0.25, 0.3) is 11.0 Å². The van der Waals surface area contributed by atoms with E-state index in [4.69, 9.17) is 13.9 Å². The van der Waals surface area contributed by atoms with E-state index in [1.165, 1.54) is 0 Å². The van der Waals surface area contributed by atoms with Gasteiger partial charge in [-0.15, -0.1) is 0 Å². The maximum atomic E-state index is 11.9. The normalized spacial score (nSPS) is 21.8. The van der Waals surface area contributed by atoms with Crippen molar-refractivity contribution in [2.45, 2.75) is 26.6 Å². The molecule has 0 saturated carbocycles. The van der Waals surface area contributed by atoms with Crippen molar-refractivity contribution < 1.29 is 13.9 Å². The molecule has 0 radical (unpaired) electrons. The van der Waals surface area contributed by atoms with Gasteiger partial charge in [-0.25, -0.2) is 4.79 Å². The number of rotatable bonds is 1. The first-order valence-electron chi connectivity index (χ1n) is 5.95. The highest BCUT2D eigenvalue weighted by Crippen LogP contribution is 2.44. The molecule has 0 bridgehead atoms. The van der Waals surface area contributed by atoms with Gasteiger partial charge in [0.05, 0.1) is 5.39 Å². The summed E-state index contributed by atoms with van der Waals surface area (Å²) in [5, 5.41) is 0.761. The van der Waals surface area contributed by atoms with Gasteiger partial charge in [0.15, 0.2) is 5.75 Å². The summed E-state index contributed by atoms with van der Waals surface area (Å²) in [4.78, 5) is 11.9. The summed E-state index contributed by atoms with van der Waals surface area (Å²) in [5.41, 5.74) is 0.0194. The highest BCUT2D eigenvalue weighted by Gasteiger charge is 2.43. The van der Waals surface area contributed by atoms with Gasteiger partial charge in [-0.3, -0.25) is 0 Å². The van der Waals surface area contributed by atoms with Gasteiger partial charge < -0.3 is 13.9 Å². The van der Waals surface area contributed by atoms with E-state index >= 15 is 0 Å². The average molecular weight is 246 g/mol. The second-order valence-electron chi connectivity index (χ2n) is 4.92. The van der Waals surface area contributed by atoms with Gasteiger partial charge in [-0.05, 0) is 12.1 Å². The van der Waals surface area contributed by atoms with Crippen LogP contribution >= 0.6 is 0 Å². The zero-order valence-corrected chi connectivity index (χ0v) is 10.5. The SMILES string of the molecule is CC(C)C1(C)Oc2c(c3ccccc3oc2=O)O1. The highest BCUT2D eigenvalue weighted by atomic mass is 16.7. The van der Waals surface area contributed by atoms with Crippen LogP contribution in [0.5, 0.6) is 11.5 Å². The topological polar surface area (TPSA) is 48.7 Å². The largest absolute Gasteiger partial charge is 0.447 e. The Morgan fingerprint density at radius 1 is 1.11 bits per heavy atom. The quantitative estimate of drug-likeness (QED) is 0.726. The first-order chi connectivity index (χ1) is 8.51. The summed E-state index contributed by atoms with van der Waals surface area (Å²) >= 11 is 0. The third-order valence-electron chi connectivity index (χ3n) is 3.38. The Kier molecular flexibility index (Phi) is 2.17. The number of ether oxygens (including phenoxy) is 2. The summed E-state index contributed by atoms with van der Waals surface area (Å²) in [5.74, 6) is -0.0489. The molecular formula is C14H14O4. The van der Waals surface area contributed by atoms with E-state index in [2.05, 4.69) is 0 Å². The predicted molar refractivity (Wildman–Crippen MR) is 67.0 cm³/mol. The second-order valence-corrected chi connectivity index (χ2v) is 4.92. The van der Waals surface area contributed by atoms with Crippen molar-refractivity contribution in [3.05, 3.63) is 34.7 Å². The highest BCUT2D eigenvalue weighted by molar-refractivity contribution is 5.86. The van der Waals surface area contributed by atoms with Gasteiger partial charge in [0.1, 0.15) is 5.58 Å². The molecule has 2 heterocycles. The lowest BCUT2D eigenvalue weighted by Crippen LogP contribution is -2.40. The Morgan fingerprint density at radius 2 is 1.78 bits per heavy atom. The van der Waals surface area contributed by atoms with Crippen LogP contribution in [-0.2, 0) is 0 Å². The first kappa shape index (κ1) is 11.1. The van der Waals surface area contributed by atoms with E-state index in [9.17, 15) is 4.79 Å². The molecule has 0 spiro atoms. The van der Waals surface area contributed by atoms with E-state index in [0.717, 1.165) is 5.39 Å². The molecule has 1 aromatic heterocycles. The van der Waals surface area contributed by atoms with Gasteiger partial charge in [-0.2, -0.15) is 0 Å². The van der Waals surface area contributed by atoms with Crippen LogP contribution in [0.15, 0.2) is 33.5 Å². The minimum Gasteiger partial charge on any atom is -0.447 e. The molecule has 0 aliphatic carbocycles. The molecule has 18 heavy (non-hydrogen) atoms. The van der Waals surface area contributed by atoms with E-state index in [-0.39, 0.29) is 11.7 Å². The lowest BCUT2D eigenvalue weighted by atomic mass is 10.1. The minimum atomic E-state index is -0.818. The molecule has 1 aliphatic heterocycles. The third-order valence-corrected chi connectivity index (χ3v) is 3.38. The number of benzene rings is 1. The standard InChI is InChI=1S/C14H14O4/c1-8(2)14(3)17-11-9-6-4-5-7-10(9)16-13(15)12(11)18-14/h4-8H,1-3H3. The molecule has 3 rings (SSSR count). The molecule has 4 heteroatoms. The molecule has 1 aromatic carbocycles. The van der Waals surface area contributed by atoms with Crippen molar-refractivity contribution in [2.75, 3.05) is 0 Å². The van der Waals surface area contributed by atoms with Crippen molar-refractivity contribution >= 4 is 11.0 Å². The van der Waals surface area contributed by atoms with Crippen LogP contribution in [0.3, 0.4) is 0 Å². The molecule has 94 valence electrons. The summed E-state index contributed by atoms with van der Waals surface area (Å²) < 4.78 is 16.8. The molecule has 0 N–H and O–H groups in total. The smallest absolute Gasteiger partial charge is 0.383 e. The maximum Gasteiger partial charge on any atom is 0.383 e. The summed E-state index contributed by atoms with van der Waals surface area (Å²) in [7, 11) is 0. The lowest BCUT2D eigenvalue weighted by molar-refractivity contribution is -0.0993. The van der Waals surface area contributed by atoms with Crippen molar-refractivity contribution in [1.82, 2.24) is 0 Å². The Labute approximate surface area is 104 Å². The fourth-order valence-corrected chi connectivity index (χ4v) is 1.96. The van der Waals surface area contributed by atoms with Crippen LogP contribution < -0.4 is 15.1 Å². The Hall–Kier alpha value is -1.97. The summed E-state index contributed by atoms with van der Waals surface area (Å²) in [6, 6.07) is 7.28. The van der Waals surface area contributed by atoms with E-state index < -0.39 is 11.4 Å². The predicted octanol–water partition coefficient (Wildman–Crippen LogP) is 2.94. The molecule has 1 aliphatic rings. The second kappa shape index (κ2) is 3.51. The first-order valence-corrected chi connectivity index (χ1v) is 5.95. The van der Waals surface area contributed by atoms with E-state index in [1.54, 1.807) is 6.07 Å². The van der Waals surface area contributed by atoms with Gasteiger partial charge in [0, 0.05) is 12.8 Å². The molecule has 0 fully saturated rings. The van der Waals surface area contributed by atoms with Gasteiger partial charge in [0.25, 0.3) is 11.5 Å². The van der Waals surface area contributed by atoms with Gasteiger partial charge in [-0.1, -0.05) is 26.0 Å². The monoisotopic (exact) mass is 246 g/mol. The molecule has 1 atom stereocenters. The number of para-hydroxylation sites is 1. The Morgan fingerprint density at radius 3 is 2.50 bits per heavy atom. The van der Waals surface area contributed by atoms with Gasteiger partial charge >= 0.3 is 5.63 Å². The van der Waals surface area contributed by atoms with Crippen molar-refractivity contribution in [3.8, 4) is 11.5 Å². The Balaban J connectivity index is 2.27. The van der Waals surface area contributed by atoms with Crippen molar-refractivity contribution in [3.63, 3.8) is 0 Å². The van der Waals surface area contributed by atoms with Crippen LogP contribution in [0.2, 0.25) is 0 Å². The number of hydrogen-bond acceptors (Lipinski definition) is 4. The molecule has 0 saturated heterocycles. The Bertz CT molecular complexity index is 671. The zero-order chi connectivity index (χ0) is 12.9. The number of hydrogen-bond donors (Lipinski definition) is 0. The third kappa shape index (κ3) is 1.41. The fourth-order valence-electron chi connectivity index (χ4n) is 1.96. The molecule has 0 amide bonds. The molecule has 1 unspecified atom stereocenters. The zero-order valence-electron chi connectivity index (χ0n) is 10.5. The molecular weight excluding hydrogens is 232 g/mol. The summed E-state index contributed by atoms with van der Waals surface area (Å²) in [6.07, 6.45) is 0. The van der Waals surface area contributed by atoms with Crippen LogP contribution in [-0.4, -0.2) is 5.79 Å². The van der Waals surface area contributed by atoms with E-state index in [1.807, 2.05) is 39.0 Å². The van der Waals surface area contributed by atoms with E-state index in [0.29, 0.717) is 11.3 Å². The van der Waals surface area contributed by atoms with Crippen LogP contribution in [0.4, 0.5) is 0 Å². The lowest BCUT2D eigenvalue weighted by Gasteiger charge is -2.26. The van der Waals surface area contributed by atoms with Crippen LogP contribution in [0.1, 0.15) is 20.8 Å². The van der Waals surface area contributed by atoms with Crippen molar-refractivity contribution in [2.24, 2.45) is 5.92 Å². The minimum absolute atomic E-state index is 0.114. The number of fused-ring (bicyclic) bond motifs is 3. The van der Waals surface area contributed by atoms with Crippen molar-refractivity contribution in [1.29, 1.82) is 0 Å². The van der Waals surface area contributed by atoms with Crippen LogP contribution in [0, 0.1) is 5.92 Å². The molecule has 2 aromatic rings. The molecule has 4 nitrogen and oxygen atoms in total.